The second-order valence-electron chi connectivity index (χ2n) is 6.95. The summed E-state index contributed by atoms with van der Waals surface area (Å²) in [5.41, 5.74) is 2.00. The van der Waals surface area contributed by atoms with Gasteiger partial charge in [0.1, 0.15) is 0 Å². The SMILES string of the molecule is CCc1ccccc1NS(=O)(=O)c1ccc(C(=O)NC2CCCCC2)cc1. The summed E-state index contributed by atoms with van der Waals surface area (Å²) in [6, 6.07) is 13.7. The molecule has 0 heterocycles. The van der Waals surface area contributed by atoms with Crippen LogP contribution in [0.5, 0.6) is 0 Å². The first-order valence-electron chi connectivity index (χ1n) is 9.51. The average molecular weight is 387 g/mol. The molecule has 27 heavy (non-hydrogen) atoms. The van der Waals surface area contributed by atoms with Crippen LogP contribution in [0, 0.1) is 0 Å². The van der Waals surface area contributed by atoms with Gasteiger partial charge >= 0.3 is 0 Å². The Labute approximate surface area is 161 Å². The number of hydrogen-bond donors (Lipinski definition) is 2. The average Bonchev–Trinajstić information content (AvgIpc) is 2.69. The normalized spacial score (nSPS) is 15.3. The van der Waals surface area contributed by atoms with Crippen LogP contribution in [0.15, 0.2) is 53.4 Å². The van der Waals surface area contributed by atoms with E-state index < -0.39 is 10.0 Å². The van der Waals surface area contributed by atoms with Crippen LogP contribution in [0.3, 0.4) is 0 Å². The van der Waals surface area contributed by atoms with E-state index >= 15 is 0 Å². The van der Waals surface area contributed by atoms with Crippen LogP contribution in [0.1, 0.15) is 54.9 Å². The number of benzene rings is 2. The molecule has 1 amide bonds. The van der Waals surface area contributed by atoms with Gasteiger partial charge in [0.05, 0.1) is 10.6 Å². The minimum atomic E-state index is -3.70. The first-order valence-corrected chi connectivity index (χ1v) is 11.0. The highest BCUT2D eigenvalue weighted by Crippen LogP contribution is 2.21. The molecule has 0 aromatic heterocycles. The van der Waals surface area contributed by atoms with Crippen molar-refractivity contribution in [2.45, 2.75) is 56.4 Å². The monoisotopic (exact) mass is 386 g/mol. The van der Waals surface area contributed by atoms with Gasteiger partial charge in [-0.3, -0.25) is 9.52 Å². The number of carbonyl (C=O) groups excluding carboxylic acids is 1. The van der Waals surface area contributed by atoms with Gasteiger partial charge in [-0.2, -0.15) is 0 Å². The Morgan fingerprint density at radius 2 is 1.67 bits per heavy atom. The van der Waals surface area contributed by atoms with Crippen molar-refractivity contribution in [3.05, 3.63) is 59.7 Å². The van der Waals surface area contributed by atoms with E-state index in [1.54, 1.807) is 24.3 Å². The first kappa shape index (κ1) is 19.4. The fraction of sp³-hybridized carbons (Fsp3) is 0.381. The summed E-state index contributed by atoms with van der Waals surface area (Å²) in [5, 5.41) is 3.04. The second kappa shape index (κ2) is 8.57. The van der Waals surface area contributed by atoms with Gasteiger partial charge in [0.15, 0.2) is 0 Å². The third kappa shape index (κ3) is 4.89. The minimum Gasteiger partial charge on any atom is -0.349 e. The number of anilines is 1. The van der Waals surface area contributed by atoms with Gasteiger partial charge in [-0.05, 0) is 55.2 Å². The van der Waals surface area contributed by atoms with Crippen LogP contribution >= 0.6 is 0 Å². The Balaban J connectivity index is 1.70. The first-order chi connectivity index (χ1) is 13.0. The number of rotatable bonds is 6. The molecule has 2 aromatic rings. The smallest absolute Gasteiger partial charge is 0.261 e. The number of amides is 1. The van der Waals surface area contributed by atoms with Crippen molar-refractivity contribution in [2.24, 2.45) is 0 Å². The van der Waals surface area contributed by atoms with E-state index in [-0.39, 0.29) is 16.8 Å². The number of hydrogen-bond acceptors (Lipinski definition) is 3. The Morgan fingerprint density at radius 3 is 2.33 bits per heavy atom. The zero-order chi connectivity index (χ0) is 19.3. The Kier molecular flexibility index (Phi) is 6.16. The third-order valence-corrected chi connectivity index (χ3v) is 6.39. The lowest BCUT2D eigenvalue weighted by Gasteiger charge is -2.22. The molecule has 0 atom stereocenters. The summed E-state index contributed by atoms with van der Waals surface area (Å²) in [5.74, 6) is -0.143. The maximum Gasteiger partial charge on any atom is 0.261 e. The molecule has 6 heteroatoms. The van der Waals surface area contributed by atoms with Crippen molar-refractivity contribution in [1.82, 2.24) is 5.32 Å². The van der Waals surface area contributed by atoms with Crippen molar-refractivity contribution < 1.29 is 13.2 Å². The van der Waals surface area contributed by atoms with Gasteiger partial charge in [0, 0.05) is 11.6 Å². The van der Waals surface area contributed by atoms with E-state index in [2.05, 4.69) is 10.0 Å². The fourth-order valence-electron chi connectivity index (χ4n) is 3.43. The third-order valence-electron chi connectivity index (χ3n) is 5.01. The molecule has 144 valence electrons. The number of aryl methyl sites for hydroxylation is 1. The molecule has 0 spiro atoms. The molecule has 1 aliphatic rings. The van der Waals surface area contributed by atoms with Crippen LogP contribution in [-0.4, -0.2) is 20.4 Å². The van der Waals surface area contributed by atoms with Crippen LogP contribution in [-0.2, 0) is 16.4 Å². The molecule has 0 bridgehead atoms. The van der Waals surface area contributed by atoms with E-state index in [1.807, 2.05) is 19.1 Å². The molecule has 1 fully saturated rings. The summed E-state index contributed by atoms with van der Waals surface area (Å²) < 4.78 is 28.0. The highest BCUT2D eigenvalue weighted by atomic mass is 32.2. The predicted molar refractivity (Wildman–Crippen MR) is 107 cm³/mol. The van der Waals surface area contributed by atoms with E-state index in [4.69, 9.17) is 0 Å². The molecule has 5 nitrogen and oxygen atoms in total. The minimum absolute atomic E-state index is 0.141. The lowest BCUT2D eigenvalue weighted by molar-refractivity contribution is 0.0927. The number of para-hydroxylation sites is 1. The number of carbonyl (C=O) groups is 1. The largest absolute Gasteiger partial charge is 0.349 e. The maximum atomic E-state index is 12.7. The number of sulfonamides is 1. The molecule has 1 aliphatic carbocycles. The Morgan fingerprint density at radius 1 is 1.00 bits per heavy atom. The number of nitrogens with one attached hydrogen (secondary N) is 2. The van der Waals surface area contributed by atoms with Gasteiger partial charge in [-0.25, -0.2) is 8.42 Å². The predicted octanol–water partition coefficient (Wildman–Crippen LogP) is 4.11. The quantitative estimate of drug-likeness (QED) is 0.784. The van der Waals surface area contributed by atoms with Crippen LogP contribution in [0.4, 0.5) is 5.69 Å². The zero-order valence-corrected chi connectivity index (χ0v) is 16.4. The molecule has 0 radical (unpaired) electrons. The van der Waals surface area contributed by atoms with Gasteiger partial charge in [-0.1, -0.05) is 44.4 Å². The van der Waals surface area contributed by atoms with Crippen molar-refractivity contribution in [3.63, 3.8) is 0 Å². The second-order valence-corrected chi connectivity index (χ2v) is 8.63. The van der Waals surface area contributed by atoms with Gasteiger partial charge in [0.2, 0.25) is 0 Å². The molecular formula is C21H26N2O3S. The van der Waals surface area contributed by atoms with E-state index in [0.717, 1.165) is 37.7 Å². The highest BCUT2D eigenvalue weighted by molar-refractivity contribution is 7.92. The lowest BCUT2D eigenvalue weighted by Crippen LogP contribution is -2.36. The van der Waals surface area contributed by atoms with E-state index in [1.165, 1.54) is 18.6 Å². The maximum absolute atomic E-state index is 12.7. The standard InChI is InChI=1S/C21H26N2O3S/c1-2-16-8-6-7-11-20(16)23-27(25,26)19-14-12-17(13-15-19)21(24)22-18-9-4-3-5-10-18/h6-8,11-15,18,23H,2-5,9-10H2,1H3,(H,22,24). The summed E-state index contributed by atoms with van der Waals surface area (Å²) in [6.07, 6.45) is 6.28. The molecule has 1 saturated carbocycles. The molecule has 0 unspecified atom stereocenters. The lowest BCUT2D eigenvalue weighted by atomic mass is 9.95. The molecule has 0 saturated heterocycles. The van der Waals surface area contributed by atoms with Crippen LogP contribution in [0.2, 0.25) is 0 Å². The van der Waals surface area contributed by atoms with Crippen molar-refractivity contribution in [1.29, 1.82) is 0 Å². The molecule has 0 aliphatic heterocycles. The zero-order valence-electron chi connectivity index (χ0n) is 15.6. The van der Waals surface area contributed by atoms with E-state index in [9.17, 15) is 13.2 Å². The summed E-state index contributed by atoms with van der Waals surface area (Å²) in [6.45, 7) is 1.98. The summed E-state index contributed by atoms with van der Waals surface area (Å²) in [4.78, 5) is 12.5. The Hall–Kier alpha value is -2.34. The molecule has 2 N–H and O–H groups in total. The topological polar surface area (TPSA) is 75.3 Å². The van der Waals surface area contributed by atoms with Crippen molar-refractivity contribution in [3.8, 4) is 0 Å². The summed E-state index contributed by atoms with van der Waals surface area (Å²) >= 11 is 0. The highest BCUT2D eigenvalue weighted by Gasteiger charge is 2.19. The van der Waals surface area contributed by atoms with Crippen LogP contribution in [0.25, 0.3) is 0 Å². The van der Waals surface area contributed by atoms with Gasteiger partial charge < -0.3 is 5.32 Å². The molecular weight excluding hydrogens is 360 g/mol. The van der Waals surface area contributed by atoms with Gasteiger partial charge in [-0.15, -0.1) is 0 Å². The Bertz CT molecular complexity index is 886. The summed E-state index contributed by atoms with van der Waals surface area (Å²) in [7, 11) is -3.70. The van der Waals surface area contributed by atoms with Crippen LogP contribution < -0.4 is 10.0 Å². The van der Waals surface area contributed by atoms with Gasteiger partial charge in [0.25, 0.3) is 15.9 Å². The van der Waals surface area contributed by atoms with Crippen molar-refractivity contribution >= 4 is 21.6 Å². The fourth-order valence-corrected chi connectivity index (χ4v) is 4.53. The van der Waals surface area contributed by atoms with Crippen molar-refractivity contribution in [2.75, 3.05) is 4.72 Å². The van der Waals surface area contributed by atoms with E-state index in [0.29, 0.717) is 11.3 Å². The molecule has 3 rings (SSSR count). The molecule has 2 aromatic carbocycles.